The molecule has 0 unspecified atom stereocenters. The minimum atomic E-state index is 0.375. The van der Waals surface area contributed by atoms with Crippen molar-refractivity contribution in [1.29, 1.82) is 10.5 Å². The number of hydrogen-bond donors (Lipinski definition) is 0. The highest BCUT2D eigenvalue weighted by molar-refractivity contribution is 6.29. The molecule has 15 aromatic rings. The average molecular weight is 890 g/mol. The van der Waals surface area contributed by atoms with Crippen LogP contribution in [0.4, 0.5) is 0 Å². The lowest BCUT2D eigenvalue weighted by molar-refractivity contribution is 0.669. The first-order chi connectivity index (χ1) is 34.7. The summed E-state index contributed by atoms with van der Waals surface area (Å²) < 4.78 is 13.2. The zero-order chi connectivity index (χ0) is 46.2. The zero-order valence-electron chi connectivity index (χ0n) is 37.4. The number of nitriles is 2. The Labute approximate surface area is 399 Å². The highest BCUT2D eigenvalue weighted by atomic mass is 16.3. The molecule has 0 spiro atoms. The van der Waals surface area contributed by atoms with E-state index in [0.717, 1.165) is 120 Å². The molecular weight excluding hydrogens is 855 g/mol. The Balaban J connectivity index is 1.25. The van der Waals surface area contributed by atoms with Crippen LogP contribution in [-0.2, 0) is 0 Å². The minimum absolute atomic E-state index is 0.375. The van der Waals surface area contributed by atoms with Crippen LogP contribution in [-0.4, -0.2) is 13.7 Å². The quantitative estimate of drug-likeness (QED) is 0.177. The molecule has 0 atom stereocenters. The van der Waals surface area contributed by atoms with Gasteiger partial charge in [0.05, 0.1) is 50.2 Å². The monoisotopic (exact) mass is 889 g/mol. The minimum Gasteiger partial charge on any atom is -0.456 e. The Morgan fingerprint density at radius 1 is 0.314 bits per heavy atom. The second-order valence-corrected chi connectivity index (χ2v) is 18.1. The van der Waals surface area contributed by atoms with Crippen LogP contribution in [0.1, 0.15) is 11.1 Å². The van der Waals surface area contributed by atoms with Gasteiger partial charge in [0.1, 0.15) is 34.4 Å². The van der Waals surface area contributed by atoms with Gasteiger partial charge in [-0.15, -0.1) is 0 Å². The molecule has 0 fully saturated rings. The van der Waals surface area contributed by atoms with Crippen molar-refractivity contribution in [1.82, 2.24) is 13.7 Å². The molecule has 0 saturated carbocycles. The zero-order valence-corrected chi connectivity index (χ0v) is 37.4. The van der Waals surface area contributed by atoms with Crippen LogP contribution < -0.4 is 0 Å². The number of hydrogen-bond acceptors (Lipinski definition) is 3. The summed E-state index contributed by atoms with van der Waals surface area (Å²) in [6.45, 7) is 0. The Hall–Kier alpha value is -9.88. The number of nitrogens with zero attached hydrogens (tertiary/aromatic N) is 5. The lowest BCUT2D eigenvalue weighted by Crippen LogP contribution is -2.14. The van der Waals surface area contributed by atoms with Crippen LogP contribution in [0.2, 0.25) is 0 Å². The fourth-order valence-electron chi connectivity index (χ4n) is 11.9. The maximum Gasteiger partial charge on any atom is 0.135 e. The van der Waals surface area contributed by atoms with E-state index in [2.05, 4.69) is 214 Å². The molecule has 4 aromatic heterocycles. The van der Waals surface area contributed by atoms with Crippen LogP contribution in [0.3, 0.4) is 0 Å². The molecule has 322 valence electrons. The predicted molar refractivity (Wildman–Crippen MR) is 287 cm³/mol. The fraction of sp³-hybridized carbons (Fsp3) is 0. The highest BCUT2D eigenvalue weighted by Crippen LogP contribution is 2.50. The number of rotatable bonds is 4. The van der Waals surface area contributed by atoms with Crippen LogP contribution >= 0.6 is 0 Å². The first-order valence-electron chi connectivity index (χ1n) is 23.5. The molecule has 6 nitrogen and oxygen atoms in total. The Bertz CT molecular complexity index is 4520. The van der Waals surface area contributed by atoms with E-state index in [1.54, 1.807) is 0 Å². The van der Waals surface area contributed by atoms with Gasteiger partial charge in [0, 0.05) is 48.7 Å². The number of para-hydroxylation sites is 5. The van der Waals surface area contributed by atoms with Gasteiger partial charge in [-0.1, -0.05) is 158 Å². The number of aromatic nitrogens is 3. The van der Waals surface area contributed by atoms with Gasteiger partial charge in [0.25, 0.3) is 0 Å². The van der Waals surface area contributed by atoms with Crippen molar-refractivity contribution in [3.8, 4) is 40.3 Å². The predicted octanol–water partition coefficient (Wildman–Crippen LogP) is 16.6. The normalized spacial score (nSPS) is 12.0. The topological polar surface area (TPSA) is 75.5 Å². The van der Waals surface area contributed by atoms with Crippen LogP contribution in [0.5, 0.6) is 0 Å². The maximum atomic E-state index is 12.4. The van der Waals surface area contributed by atoms with Crippen molar-refractivity contribution in [2.24, 2.45) is 0 Å². The van der Waals surface area contributed by atoms with Crippen molar-refractivity contribution in [2.45, 2.75) is 0 Å². The number of benzene rings is 11. The van der Waals surface area contributed by atoms with E-state index in [4.69, 9.17) is 4.42 Å². The molecule has 6 heteroatoms. The van der Waals surface area contributed by atoms with Crippen molar-refractivity contribution in [3.05, 3.63) is 223 Å². The van der Waals surface area contributed by atoms with Gasteiger partial charge in [0.15, 0.2) is 0 Å². The van der Waals surface area contributed by atoms with E-state index >= 15 is 0 Å². The van der Waals surface area contributed by atoms with Gasteiger partial charge in [-0.05, 0) is 81.7 Å². The number of fused-ring (bicyclic) bond motifs is 16. The van der Waals surface area contributed by atoms with E-state index in [1.807, 2.05) is 24.3 Å². The van der Waals surface area contributed by atoms with Gasteiger partial charge in [-0.2, -0.15) is 10.5 Å². The summed E-state index contributed by atoms with van der Waals surface area (Å²) in [6, 6.07) is 79.5. The summed E-state index contributed by atoms with van der Waals surface area (Å²) >= 11 is 0. The average Bonchev–Trinajstić information content (AvgIpc) is 4.17. The van der Waals surface area contributed by atoms with Gasteiger partial charge < -0.3 is 18.1 Å². The summed E-state index contributed by atoms with van der Waals surface area (Å²) in [7, 11) is 0. The summed E-state index contributed by atoms with van der Waals surface area (Å²) in [5.41, 5.74) is 11.3. The van der Waals surface area contributed by atoms with Crippen LogP contribution in [0.25, 0.3) is 137 Å². The van der Waals surface area contributed by atoms with E-state index < -0.39 is 0 Å². The van der Waals surface area contributed by atoms with Crippen molar-refractivity contribution in [3.63, 3.8) is 0 Å². The molecule has 15 rings (SSSR count). The summed E-state index contributed by atoms with van der Waals surface area (Å²) in [6.07, 6.45) is 0. The standard InChI is InChI=1S/C64H35N5O/c65-36-49-62(69-55-32-29-38-15-1-3-17-41(38)60(55)61-42-18-4-2-16-39(42)30-33-56(61)69)50(37-66)64(68-53-26-12-7-21-45(53)46-22-8-13-27-54(46)68)59(40-31-34-58-48(35-40)47-23-9-14-28-57(47)70-58)63(49)67-51-24-10-5-19-43(51)44-20-6-11-25-52(44)67/h1-35H. The summed E-state index contributed by atoms with van der Waals surface area (Å²) in [4.78, 5) is 0. The summed E-state index contributed by atoms with van der Waals surface area (Å²) in [5.74, 6) is 0. The van der Waals surface area contributed by atoms with Crippen molar-refractivity contribution in [2.75, 3.05) is 0 Å². The Morgan fingerprint density at radius 3 is 1.17 bits per heavy atom. The first-order valence-corrected chi connectivity index (χ1v) is 23.5. The van der Waals surface area contributed by atoms with Gasteiger partial charge in [0.2, 0.25) is 0 Å². The second-order valence-electron chi connectivity index (χ2n) is 18.1. The molecule has 4 heterocycles. The van der Waals surface area contributed by atoms with Crippen LogP contribution in [0, 0.1) is 22.7 Å². The van der Waals surface area contributed by atoms with Gasteiger partial charge in [-0.25, -0.2) is 0 Å². The molecule has 0 bridgehead atoms. The second kappa shape index (κ2) is 14.3. The third-order valence-electron chi connectivity index (χ3n) is 14.7. The van der Waals surface area contributed by atoms with Crippen LogP contribution in [0.15, 0.2) is 217 Å². The largest absolute Gasteiger partial charge is 0.456 e. The molecule has 0 aliphatic rings. The lowest BCUT2D eigenvalue weighted by atomic mass is 9.91. The van der Waals surface area contributed by atoms with Gasteiger partial charge in [-0.3, -0.25) is 0 Å². The van der Waals surface area contributed by atoms with Crippen molar-refractivity contribution < 1.29 is 4.42 Å². The molecule has 0 amide bonds. The van der Waals surface area contributed by atoms with E-state index in [-0.39, 0.29) is 0 Å². The molecule has 0 N–H and O–H groups in total. The maximum absolute atomic E-state index is 12.4. The van der Waals surface area contributed by atoms with E-state index in [1.165, 1.54) is 0 Å². The fourth-order valence-corrected chi connectivity index (χ4v) is 11.9. The molecule has 11 aromatic carbocycles. The first kappa shape index (κ1) is 38.2. The number of furan rings is 1. The highest BCUT2D eigenvalue weighted by Gasteiger charge is 2.33. The molecule has 0 aliphatic carbocycles. The Morgan fingerprint density at radius 2 is 0.700 bits per heavy atom. The third-order valence-corrected chi connectivity index (χ3v) is 14.7. The molecule has 0 radical (unpaired) electrons. The molecule has 0 saturated heterocycles. The van der Waals surface area contributed by atoms with Gasteiger partial charge >= 0.3 is 0 Å². The molecular formula is C64H35N5O. The molecule has 70 heavy (non-hydrogen) atoms. The summed E-state index contributed by atoms with van der Waals surface area (Å²) in [5, 5.41) is 37.4. The van der Waals surface area contributed by atoms with E-state index in [9.17, 15) is 10.5 Å². The lowest BCUT2D eigenvalue weighted by Gasteiger charge is -2.26. The van der Waals surface area contributed by atoms with E-state index in [0.29, 0.717) is 28.2 Å². The molecule has 0 aliphatic heterocycles. The van der Waals surface area contributed by atoms with Crippen molar-refractivity contribution >= 4 is 109 Å². The third kappa shape index (κ3) is 5.03. The SMILES string of the molecule is N#Cc1c(-n2c3ccccc3c3ccccc32)c(-c2ccc3oc4ccccc4c3c2)c(-n2c3ccccc3c3ccccc32)c(C#N)c1-n1c2ccc3ccccc3c2c2c3ccccc3ccc21. The Kier molecular flexibility index (Phi) is 7.82. The smallest absolute Gasteiger partial charge is 0.135 e.